The molecular formula is C15H14F3N3. The predicted molar refractivity (Wildman–Crippen MR) is 73.5 cm³/mol. The van der Waals surface area contributed by atoms with Gasteiger partial charge >= 0.3 is 6.18 Å². The zero-order valence-electron chi connectivity index (χ0n) is 11.2. The molecule has 1 aromatic carbocycles. The lowest BCUT2D eigenvalue weighted by molar-refractivity contribution is -0.157. The summed E-state index contributed by atoms with van der Waals surface area (Å²) in [5.74, 6) is -1.97. The number of fused-ring (bicyclic) bond motifs is 1. The summed E-state index contributed by atoms with van der Waals surface area (Å²) in [6.45, 7) is -0.0257. The molecule has 110 valence electrons. The molecule has 0 aliphatic heterocycles. The van der Waals surface area contributed by atoms with Crippen molar-refractivity contribution in [3.63, 3.8) is 0 Å². The van der Waals surface area contributed by atoms with Crippen molar-refractivity contribution >= 4 is 10.9 Å². The van der Waals surface area contributed by atoms with Crippen molar-refractivity contribution in [3.8, 4) is 6.07 Å². The summed E-state index contributed by atoms with van der Waals surface area (Å²) < 4.78 is 37.2. The van der Waals surface area contributed by atoms with Crippen molar-refractivity contribution in [1.29, 1.82) is 5.26 Å². The van der Waals surface area contributed by atoms with E-state index in [1.807, 2.05) is 30.3 Å². The SMILES string of the molecule is N#CC(CNCCc1cccc2cccnc12)C(F)(F)F. The second-order valence-electron chi connectivity index (χ2n) is 4.67. The average molecular weight is 293 g/mol. The lowest BCUT2D eigenvalue weighted by Gasteiger charge is -2.14. The van der Waals surface area contributed by atoms with Crippen molar-refractivity contribution in [2.24, 2.45) is 5.92 Å². The van der Waals surface area contributed by atoms with Crippen LogP contribution in [0.3, 0.4) is 0 Å². The number of pyridine rings is 1. The molecule has 21 heavy (non-hydrogen) atoms. The van der Waals surface area contributed by atoms with Gasteiger partial charge in [0.15, 0.2) is 5.92 Å². The Balaban J connectivity index is 1.93. The minimum Gasteiger partial charge on any atom is -0.315 e. The molecule has 6 heteroatoms. The molecule has 0 amide bonds. The van der Waals surface area contributed by atoms with Crippen LogP contribution in [0.15, 0.2) is 36.5 Å². The molecule has 3 nitrogen and oxygen atoms in total. The number of para-hydroxylation sites is 1. The van der Waals surface area contributed by atoms with Crippen LogP contribution in [-0.4, -0.2) is 24.2 Å². The van der Waals surface area contributed by atoms with Gasteiger partial charge in [0, 0.05) is 18.1 Å². The Morgan fingerprint density at radius 3 is 2.71 bits per heavy atom. The highest BCUT2D eigenvalue weighted by molar-refractivity contribution is 5.81. The maximum absolute atomic E-state index is 12.4. The van der Waals surface area contributed by atoms with E-state index < -0.39 is 18.6 Å². The van der Waals surface area contributed by atoms with Gasteiger partial charge < -0.3 is 5.32 Å². The number of hydrogen-bond donors (Lipinski definition) is 1. The van der Waals surface area contributed by atoms with E-state index in [9.17, 15) is 13.2 Å². The number of halogens is 3. The number of aromatic nitrogens is 1. The minimum absolute atomic E-state index is 0.365. The van der Waals surface area contributed by atoms with E-state index >= 15 is 0 Å². The summed E-state index contributed by atoms with van der Waals surface area (Å²) in [6.07, 6.45) is -2.23. The summed E-state index contributed by atoms with van der Waals surface area (Å²) in [4.78, 5) is 4.29. The number of nitrogens with one attached hydrogen (secondary N) is 1. The predicted octanol–water partition coefficient (Wildman–Crippen LogP) is 3.07. The van der Waals surface area contributed by atoms with Gasteiger partial charge in [-0.2, -0.15) is 18.4 Å². The molecule has 1 unspecified atom stereocenters. The van der Waals surface area contributed by atoms with Gasteiger partial charge in [-0.15, -0.1) is 0 Å². The van der Waals surface area contributed by atoms with Gasteiger partial charge in [0.25, 0.3) is 0 Å². The fourth-order valence-electron chi connectivity index (χ4n) is 2.07. The Morgan fingerprint density at radius 2 is 2.00 bits per heavy atom. The Kier molecular flexibility index (Phi) is 4.76. The fourth-order valence-corrected chi connectivity index (χ4v) is 2.07. The molecule has 2 rings (SSSR count). The highest BCUT2D eigenvalue weighted by atomic mass is 19.4. The molecular weight excluding hydrogens is 279 g/mol. The summed E-state index contributed by atoms with van der Waals surface area (Å²) in [5, 5.41) is 12.2. The number of benzene rings is 1. The first kappa shape index (κ1) is 15.3. The van der Waals surface area contributed by atoms with Crippen LogP contribution >= 0.6 is 0 Å². The molecule has 0 radical (unpaired) electrons. The lowest BCUT2D eigenvalue weighted by Crippen LogP contribution is -2.33. The van der Waals surface area contributed by atoms with Crippen molar-refractivity contribution < 1.29 is 13.2 Å². The molecule has 2 aromatic rings. The van der Waals surface area contributed by atoms with Crippen LogP contribution in [-0.2, 0) is 6.42 Å². The fraction of sp³-hybridized carbons (Fsp3) is 0.333. The first-order valence-corrected chi connectivity index (χ1v) is 6.52. The first-order chi connectivity index (χ1) is 10.0. The Labute approximate surface area is 120 Å². The van der Waals surface area contributed by atoms with Crippen LogP contribution < -0.4 is 5.32 Å². The van der Waals surface area contributed by atoms with E-state index in [0.29, 0.717) is 13.0 Å². The van der Waals surface area contributed by atoms with E-state index in [1.54, 1.807) is 6.20 Å². The number of nitrogens with zero attached hydrogens (tertiary/aromatic N) is 2. The Morgan fingerprint density at radius 1 is 1.24 bits per heavy atom. The van der Waals surface area contributed by atoms with Crippen molar-refractivity contribution in [1.82, 2.24) is 10.3 Å². The summed E-state index contributed by atoms with van der Waals surface area (Å²) >= 11 is 0. The maximum Gasteiger partial charge on any atom is 0.405 e. The third-order valence-corrected chi connectivity index (χ3v) is 3.19. The number of hydrogen-bond acceptors (Lipinski definition) is 3. The average Bonchev–Trinajstić information content (AvgIpc) is 2.46. The second-order valence-corrected chi connectivity index (χ2v) is 4.67. The monoisotopic (exact) mass is 293 g/mol. The minimum atomic E-state index is -4.48. The van der Waals surface area contributed by atoms with Gasteiger partial charge in [0.05, 0.1) is 11.6 Å². The molecule has 0 saturated heterocycles. The molecule has 1 N–H and O–H groups in total. The Hall–Kier alpha value is -2.13. The van der Waals surface area contributed by atoms with Crippen LogP contribution in [0.4, 0.5) is 13.2 Å². The van der Waals surface area contributed by atoms with Crippen molar-refractivity contribution in [2.75, 3.05) is 13.1 Å². The molecule has 1 heterocycles. The normalized spacial score (nSPS) is 13.0. The molecule has 1 atom stereocenters. The molecule has 0 saturated carbocycles. The molecule has 0 bridgehead atoms. The number of rotatable bonds is 5. The standard InChI is InChI=1S/C15H14F3N3/c16-15(17,18)13(9-19)10-20-8-6-12-4-1-3-11-5-2-7-21-14(11)12/h1-5,7,13,20H,6,8,10H2. The van der Waals surface area contributed by atoms with E-state index in [4.69, 9.17) is 5.26 Å². The smallest absolute Gasteiger partial charge is 0.315 e. The van der Waals surface area contributed by atoms with E-state index in [2.05, 4.69) is 10.3 Å². The van der Waals surface area contributed by atoms with Crippen LogP contribution in [0.2, 0.25) is 0 Å². The van der Waals surface area contributed by atoms with Crippen molar-refractivity contribution in [2.45, 2.75) is 12.6 Å². The molecule has 0 fully saturated rings. The number of alkyl halides is 3. The van der Waals surface area contributed by atoms with Crippen LogP contribution in [0.1, 0.15) is 5.56 Å². The van der Waals surface area contributed by atoms with E-state index in [0.717, 1.165) is 16.5 Å². The largest absolute Gasteiger partial charge is 0.405 e. The molecule has 0 spiro atoms. The zero-order chi connectivity index (χ0) is 15.3. The third kappa shape index (κ3) is 3.92. The quantitative estimate of drug-likeness (QED) is 0.862. The van der Waals surface area contributed by atoms with Gasteiger partial charge in [-0.3, -0.25) is 4.98 Å². The van der Waals surface area contributed by atoms with Crippen LogP contribution in [0.25, 0.3) is 10.9 Å². The highest BCUT2D eigenvalue weighted by Gasteiger charge is 2.39. The molecule has 0 aliphatic carbocycles. The van der Waals surface area contributed by atoms with E-state index in [-0.39, 0.29) is 0 Å². The zero-order valence-corrected chi connectivity index (χ0v) is 11.2. The number of nitriles is 1. The second kappa shape index (κ2) is 6.55. The molecule has 1 aromatic heterocycles. The van der Waals surface area contributed by atoms with Gasteiger partial charge in [0.1, 0.15) is 0 Å². The Bertz CT molecular complexity index is 641. The van der Waals surface area contributed by atoms with Gasteiger partial charge in [-0.25, -0.2) is 0 Å². The topological polar surface area (TPSA) is 48.7 Å². The first-order valence-electron chi connectivity index (χ1n) is 6.52. The van der Waals surface area contributed by atoms with Gasteiger partial charge in [-0.1, -0.05) is 24.3 Å². The highest BCUT2D eigenvalue weighted by Crippen LogP contribution is 2.24. The summed E-state index contributed by atoms with van der Waals surface area (Å²) in [6, 6.07) is 10.8. The van der Waals surface area contributed by atoms with Crippen LogP contribution in [0.5, 0.6) is 0 Å². The summed E-state index contributed by atoms with van der Waals surface area (Å²) in [5.41, 5.74) is 1.83. The van der Waals surface area contributed by atoms with E-state index in [1.165, 1.54) is 6.07 Å². The van der Waals surface area contributed by atoms with Gasteiger partial charge in [0.2, 0.25) is 0 Å². The molecule has 0 aliphatic rings. The third-order valence-electron chi connectivity index (χ3n) is 3.19. The lowest BCUT2D eigenvalue weighted by atomic mass is 10.1. The van der Waals surface area contributed by atoms with Gasteiger partial charge in [-0.05, 0) is 24.6 Å². The maximum atomic E-state index is 12.4. The summed E-state index contributed by atoms with van der Waals surface area (Å²) in [7, 11) is 0. The van der Waals surface area contributed by atoms with Crippen molar-refractivity contribution in [3.05, 3.63) is 42.1 Å². The van der Waals surface area contributed by atoms with Crippen LogP contribution in [0, 0.1) is 17.2 Å².